The maximum Gasteiger partial charge on any atom is 0.316 e. The van der Waals surface area contributed by atoms with E-state index < -0.39 is 0 Å². The molecule has 1 saturated carbocycles. The van der Waals surface area contributed by atoms with E-state index in [-0.39, 0.29) is 24.0 Å². The average Bonchev–Trinajstić information content (AvgIpc) is 2.58. The van der Waals surface area contributed by atoms with Gasteiger partial charge in [0.25, 0.3) is 0 Å². The molecule has 1 atom stereocenters. The molecule has 1 N–H and O–H groups in total. The Kier molecular flexibility index (Phi) is 5.03. The number of allylic oxidation sites excluding steroid dienone is 2. The molecule has 22 heavy (non-hydrogen) atoms. The number of ether oxygens (including phenoxy) is 1. The van der Waals surface area contributed by atoms with Gasteiger partial charge >= 0.3 is 6.01 Å². The monoisotopic (exact) mass is 301 g/mol. The van der Waals surface area contributed by atoms with Crippen LogP contribution in [0.15, 0.2) is 30.6 Å². The van der Waals surface area contributed by atoms with Crippen LogP contribution in [0.1, 0.15) is 44.9 Å². The predicted molar refractivity (Wildman–Crippen MR) is 83.3 cm³/mol. The van der Waals surface area contributed by atoms with Crippen molar-refractivity contribution in [1.29, 1.82) is 0 Å². The Labute approximate surface area is 131 Å². The minimum absolute atomic E-state index is 0.160. The molecule has 5 heteroatoms. The van der Waals surface area contributed by atoms with Crippen molar-refractivity contribution in [3.05, 3.63) is 30.6 Å². The Balaban J connectivity index is 1.42. The highest BCUT2D eigenvalue weighted by molar-refractivity contribution is 5.79. The Hall–Kier alpha value is -1.91. The molecule has 1 aromatic rings. The lowest BCUT2D eigenvalue weighted by atomic mass is 9.90. The zero-order valence-electron chi connectivity index (χ0n) is 12.8. The summed E-state index contributed by atoms with van der Waals surface area (Å²) in [5.74, 6) is 0.386. The fourth-order valence-corrected chi connectivity index (χ4v) is 3.17. The van der Waals surface area contributed by atoms with Crippen molar-refractivity contribution in [2.45, 2.75) is 57.1 Å². The van der Waals surface area contributed by atoms with Gasteiger partial charge < -0.3 is 10.1 Å². The second kappa shape index (κ2) is 7.38. The van der Waals surface area contributed by atoms with Crippen LogP contribution in [0.25, 0.3) is 0 Å². The number of nitrogens with one attached hydrogen (secondary N) is 1. The zero-order valence-corrected chi connectivity index (χ0v) is 12.8. The van der Waals surface area contributed by atoms with Crippen molar-refractivity contribution in [3.8, 4) is 6.01 Å². The molecule has 5 nitrogen and oxygen atoms in total. The second-order valence-corrected chi connectivity index (χ2v) is 6.11. The van der Waals surface area contributed by atoms with Crippen LogP contribution in [-0.4, -0.2) is 28.0 Å². The van der Waals surface area contributed by atoms with Gasteiger partial charge in [-0.2, -0.15) is 0 Å². The molecule has 0 aromatic carbocycles. The first-order valence-corrected chi connectivity index (χ1v) is 8.20. The molecular weight excluding hydrogens is 278 g/mol. The van der Waals surface area contributed by atoms with Gasteiger partial charge in [-0.1, -0.05) is 12.2 Å². The highest BCUT2D eigenvalue weighted by Gasteiger charge is 2.26. The fraction of sp³-hybridized carbons (Fsp3) is 0.588. The molecule has 0 saturated heterocycles. The topological polar surface area (TPSA) is 64.1 Å². The Bertz CT molecular complexity index is 510. The Morgan fingerprint density at radius 3 is 2.55 bits per heavy atom. The molecule has 0 aliphatic heterocycles. The van der Waals surface area contributed by atoms with Gasteiger partial charge in [0.1, 0.15) is 6.10 Å². The predicted octanol–water partition coefficient (Wildman–Crippen LogP) is 2.64. The van der Waals surface area contributed by atoms with Gasteiger partial charge in [0.15, 0.2) is 0 Å². The third-order valence-corrected chi connectivity index (χ3v) is 4.47. The third-order valence-electron chi connectivity index (χ3n) is 4.47. The molecule has 2 aliphatic rings. The van der Waals surface area contributed by atoms with Gasteiger partial charge in [0.2, 0.25) is 5.91 Å². The quantitative estimate of drug-likeness (QED) is 0.868. The van der Waals surface area contributed by atoms with Crippen LogP contribution >= 0.6 is 0 Å². The van der Waals surface area contributed by atoms with Crippen molar-refractivity contribution in [2.75, 3.05) is 0 Å². The van der Waals surface area contributed by atoms with E-state index in [1.165, 1.54) is 0 Å². The highest BCUT2D eigenvalue weighted by atomic mass is 16.5. The van der Waals surface area contributed by atoms with E-state index in [0.717, 1.165) is 44.9 Å². The number of aromatic nitrogens is 2. The minimum Gasteiger partial charge on any atom is -0.460 e. The van der Waals surface area contributed by atoms with E-state index in [0.29, 0.717) is 6.01 Å². The molecular formula is C17H23N3O2. The summed E-state index contributed by atoms with van der Waals surface area (Å²) in [5.41, 5.74) is 0. The maximum absolute atomic E-state index is 12.2. The SMILES string of the molecule is O=C(NC1CCC(Oc2ncccn2)CC1)[C@H]1CC=CCC1. The Morgan fingerprint density at radius 1 is 1.09 bits per heavy atom. The molecule has 1 fully saturated rings. The largest absolute Gasteiger partial charge is 0.460 e. The maximum atomic E-state index is 12.2. The van der Waals surface area contributed by atoms with Crippen LogP contribution in [0.2, 0.25) is 0 Å². The number of nitrogens with zero attached hydrogens (tertiary/aromatic N) is 2. The highest BCUT2D eigenvalue weighted by Crippen LogP contribution is 2.24. The molecule has 1 amide bonds. The van der Waals surface area contributed by atoms with Crippen LogP contribution in [0.3, 0.4) is 0 Å². The van der Waals surface area contributed by atoms with Crippen molar-refractivity contribution in [2.24, 2.45) is 5.92 Å². The lowest BCUT2D eigenvalue weighted by Crippen LogP contribution is -2.42. The summed E-state index contributed by atoms with van der Waals surface area (Å²) in [5, 5.41) is 3.21. The van der Waals surface area contributed by atoms with Gasteiger partial charge in [-0.25, -0.2) is 9.97 Å². The lowest BCUT2D eigenvalue weighted by molar-refractivity contribution is -0.126. The van der Waals surface area contributed by atoms with E-state index >= 15 is 0 Å². The number of carbonyl (C=O) groups excluding carboxylic acids is 1. The zero-order chi connectivity index (χ0) is 15.2. The molecule has 2 aliphatic carbocycles. The number of hydrogen-bond acceptors (Lipinski definition) is 4. The van der Waals surface area contributed by atoms with Crippen LogP contribution in [-0.2, 0) is 4.79 Å². The molecule has 0 bridgehead atoms. The summed E-state index contributed by atoms with van der Waals surface area (Å²) in [6.07, 6.45) is 14.5. The van der Waals surface area contributed by atoms with E-state index in [9.17, 15) is 4.79 Å². The van der Waals surface area contributed by atoms with Crippen molar-refractivity contribution >= 4 is 5.91 Å². The van der Waals surface area contributed by atoms with Crippen molar-refractivity contribution in [3.63, 3.8) is 0 Å². The molecule has 1 aromatic heterocycles. The standard InChI is InChI=1S/C17H23N3O2/c21-16(13-5-2-1-3-6-13)20-14-7-9-15(10-8-14)22-17-18-11-4-12-19-17/h1-2,4,11-15H,3,5-10H2,(H,20,21)/t13-,14?,15?/m0/s1. The number of hydrogen-bond donors (Lipinski definition) is 1. The Morgan fingerprint density at radius 2 is 1.86 bits per heavy atom. The normalized spacial score (nSPS) is 28.1. The average molecular weight is 301 g/mol. The van der Waals surface area contributed by atoms with E-state index in [4.69, 9.17) is 4.74 Å². The van der Waals surface area contributed by atoms with Gasteiger partial charge in [-0.3, -0.25) is 4.79 Å². The summed E-state index contributed by atoms with van der Waals surface area (Å²) in [6.45, 7) is 0. The van der Waals surface area contributed by atoms with Crippen molar-refractivity contribution in [1.82, 2.24) is 15.3 Å². The lowest BCUT2D eigenvalue weighted by Gasteiger charge is -2.30. The summed E-state index contributed by atoms with van der Waals surface area (Å²) in [7, 11) is 0. The van der Waals surface area contributed by atoms with Gasteiger partial charge in [-0.05, 0) is 51.0 Å². The first-order valence-electron chi connectivity index (χ1n) is 8.20. The molecule has 0 spiro atoms. The minimum atomic E-state index is 0.160. The summed E-state index contributed by atoms with van der Waals surface area (Å²) in [6, 6.07) is 2.51. The third kappa shape index (κ3) is 4.06. The number of carbonyl (C=O) groups is 1. The van der Waals surface area contributed by atoms with Crippen molar-refractivity contribution < 1.29 is 9.53 Å². The summed E-state index contributed by atoms with van der Waals surface area (Å²) >= 11 is 0. The second-order valence-electron chi connectivity index (χ2n) is 6.11. The van der Waals surface area contributed by atoms with Gasteiger partial charge in [0, 0.05) is 24.4 Å². The number of amides is 1. The summed E-state index contributed by atoms with van der Waals surface area (Å²) in [4.78, 5) is 20.4. The molecule has 118 valence electrons. The first-order chi connectivity index (χ1) is 10.8. The molecule has 1 heterocycles. The van der Waals surface area contributed by atoms with Crippen LogP contribution in [0.4, 0.5) is 0 Å². The smallest absolute Gasteiger partial charge is 0.316 e. The van der Waals surface area contributed by atoms with E-state index in [1.54, 1.807) is 18.5 Å². The van der Waals surface area contributed by atoms with E-state index in [2.05, 4.69) is 27.4 Å². The van der Waals surface area contributed by atoms with E-state index in [1.807, 2.05) is 0 Å². The van der Waals surface area contributed by atoms with Gasteiger partial charge in [0.05, 0.1) is 0 Å². The molecule has 0 unspecified atom stereocenters. The van der Waals surface area contributed by atoms with Crippen LogP contribution < -0.4 is 10.1 Å². The number of rotatable bonds is 4. The molecule has 3 rings (SSSR count). The summed E-state index contributed by atoms with van der Waals surface area (Å²) < 4.78 is 5.78. The first kappa shape index (κ1) is 15.0. The van der Waals surface area contributed by atoms with Gasteiger partial charge in [-0.15, -0.1) is 0 Å². The van der Waals surface area contributed by atoms with Crippen LogP contribution in [0, 0.1) is 5.92 Å². The van der Waals surface area contributed by atoms with Crippen LogP contribution in [0.5, 0.6) is 6.01 Å². The molecule has 0 radical (unpaired) electrons. The fourth-order valence-electron chi connectivity index (χ4n) is 3.17.